The molecule has 0 bridgehead atoms. The van der Waals surface area contributed by atoms with E-state index in [2.05, 4.69) is 17.2 Å². The zero-order chi connectivity index (χ0) is 18.4. The first-order valence-electron chi connectivity index (χ1n) is 8.53. The van der Waals surface area contributed by atoms with Crippen LogP contribution in [0.1, 0.15) is 39.3 Å². The molecule has 25 heavy (non-hydrogen) atoms. The number of carbonyl (C=O) groups excluding carboxylic acids is 3. The summed E-state index contributed by atoms with van der Waals surface area (Å²) in [5.41, 5.74) is 0.521. The van der Waals surface area contributed by atoms with Crippen molar-refractivity contribution in [3.8, 4) is 0 Å². The quantitative estimate of drug-likeness (QED) is 0.778. The highest BCUT2D eigenvalue weighted by molar-refractivity contribution is 7.13. The molecule has 2 rings (SSSR count). The average molecular weight is 367 g/mol. The van der Waals surface area contributed by atoms with E-state index >= 15 is 0 Å². The molecule has 0 radical (unpaired) electrons. The first kappa shape index (κ1) is 19.4. The highest BCUT2D eigenvalue weighted by Gasteiger charge is 2.22. The van der Waals surface area contributed by atoms with E-state index in [1.54, 1.807) is 24.1 Å². The fourth-order valence-corrected chi connectivity index (χ4v) is 3.26. The largest absolute Gasteiger partial charge is 0.455 e. The number of ether oxygens (including phenoxy) is 1. The van der Waals surface area contributed by atoms with Gasteiger partial charge in [0.2, 0.25) is 5.91 Å². The van der Waals surface area contributed by atoms with E-state index in [1.807, 2.05) is 0 Å². The monoisotopic (exact) mass is 367 g/mol. The summed E-state index contributed by atoms with van der Waals surface area (Å²) in [4.78, 5) is 41.5. The molecule has 1 atom stereocenters. The van der Waals surface area contributed by atoms with Gasteiger partial charge in [-0.3, -0.25) is 14.4 Å². The van der Waals surface area contributed by atoms with E-state index < -0.39 is 5.97 Å². The lowest BCUT2D eigenvalue weighted by Gasteiger charge is -2.30. The van der Waals surface area contributed by atoms with Gasteiger partial charge in [0, 0.05) is 24.4 Å². The van der Waals surface area contributed by atoms with Gasteiger partial charge in [-0.1, -0.05) is 20.8 Å². The Balaban J connectivity index is 1.76. The second kappa shape index (κ2) is 8.94. The standard InChI is InChI=1S/C17H25N3O4S/c1-11(2)16(23)19-17-18-13(10-25-17)7-15(22)24-9-14(21)20-6-4-5-12(3)8-20/h10-12H,4-9H2,1-3H3,(H,18,19,23)/t12-/m1/s1. The minimum absolute atomic E-state index is 0.0161. The summed E-state index contributed by atoms with van der Waals surface area (Å²) in [6, 6.07) is 0. The average Bonchev–Trinajstić information content (AvgIpc) is 2.99. The molecule has 8 heteroatoms. The first-order valence-corrected chi connectivity index (χ1v) is 9.41. The molecular formula is C17H25N3O4S. The normalized spacial score (nSPS) is 17.4. The molecule has 1 aliphatic rings. The summed E-state index contributed by atoms with van der Waals surface area (Å²) in [5, 5.41) is 4.85. The van der Waals surface area contributed by atoms with Crippen LogP contribution in [0.5, 0.6) is 0 Å². The van der Waals surface area contributed by atoms with Crippen molar-refractivity contribution in [1.82, 2.24) is 9.88 Å². The smallest absolute Gasteiger partial charge is 0.312 e. The molecule has 0 aliphatic carbocycles. The van der Waals surface area contributed by atoms with Crippen LogP contribution < -0.4 is 5.32 Å². The summed E-state index contributed by atoms with van der Waals surface area (Å²) < 4.78 is 5.07. The van der Waals surface area contributed by atoms with Crippen molar-refractivity contribution in [2.75, 3.05) is 25.0 Å². The predicted octanol–water partition coefficient (Wildman–Crippen LogP) is 2.08. The van der Waals surface area contributed by atoms with Crippen LogP contribution in [0.15, 0.2) is 5.38 Å². The van der Waals surface area contributed by atoms with Crippen LogP contribution in [0, 0.1) is 11.8 Å². The fourth-order valence-electron chi connectivity index (χ4n) is 2.54. The number of hydrogen-bond donors (Lipinski definition) is 1. The number of aromatic nitrogens is 1. The number of hydrogen-bond acceptors (Lipinski definition) is 6. The summed E-state index contributed by atoms with van der Waals surface area (Å²) in [7, 11) is 0. The van der Waals surface area contributed by atoms with Crippen molar-refractivity contribution in [2.45, 2.75) is 40.0 Å². The molecule has 2 amide bonds. The Bertz CT molecular complexity index is 629. The molecule has 0 spiro atoms. The number of amides is 2. The number of nitrogens with zero attached hydrogens (tertiary/aromatic N) is 2. The van der Waals surface area contributed by atoms with Gasteiger partial charge in [0.05, 0.1) is 12.1 Å². The van der Waals surface area contributed by atoms with Crippen LogP contribution in [-0.4, -0.2) is 47.4 Å². The maximum absolute atomic E-state index is 12.1. The van der Waals surface area contributed by atoms with Gasteiger partial charge in [-0.05, 0) is 18.8 Å². The van der Waals surface area contributed by atoms with E-state index in [9.17, 15) is 14.4 Å². The molecule has 2 heterocycles. The van der Waals surface area contributed by atoms with E-state index in [-0.39, 0.29) is 30.8 Å². The molecule has 1 aliphatic heterocycles. The first-order chi connectivity index (χ1) is 11.8. The SMILES string of the molecule is CC(C)C(=O)Nc1nc(CC(=O)OCC(=O)N2CCC[C@@H](C)C2)cs1. The Morgan fingerprint density at radius 3 is 2.88 bits per heavy atom. The Hall–Kier alpha value is -1.96. The lowest BCUT2D eigenvalue weighted by molar-refractivity contribution is -0.152. The van der Waals surface area contributed by atoms with Crippen LogP contribution in [0.4, 0.5) is 5.13 Å². The zero-order valence-electron chi connectivity index (χ0n) is 14.9. The van der Waals surface area contributed by atoms with Gasteiger partial charge in [0.25, 0.3) is 5.91 Å². The summed E-state index contributed by atoms with van der Waals surface area (Å²) in [5.74, 6) is -0.415. The van der Waals surface area contributed by atoms with Gasteiger partial charge in [-0.25, -0.2) is 4.98 Å². The zero-order valence-corrected chi connectivity index (χ0v) is 15.7. The second-order valence-electron chi connectivity index (χ2n) is 6.71. The topological polar surface area (TPSA) is 88.6 Å². The molecule has 7 nitrogen and oxygen atoms in total. The van der Waals surface area contributed by atoms with E-state index in [1.165, 1.54) is 11.3 Å². The summed E-state index contributed by atoms with van der Waals surface area (Å²) in [6.07, 6.45) is 2.10. The third kappa shape index (κ3) is 6.12. The minimum atomic E-state index is -0.495. The van der Waals surface area contributed by atoms with Crippen molar-refractivity contribution < 1.29 is 19.1 Å². The number of rotatable bonds is 6. The van der Waals surface area contributed by atoms with Crippen LogP contribution in [0.3, 0.4) is 0 Å². The lowest BCUT2D eigenvalue weighted by Crippen LogP contribution is -2.41. The van der Waals surface area contributed by atoms with Gasteiger partial charge in [-0.2, -0.15) is 0 Å². The van der Waals surface area contributed by atoms with Crippen molar-refractivity contribution in [1.29, 1.82) is 0 Å². The van der Waals surface area contributed by atoms with Crippen LogP contribution in [0.2, 0.25) is 0 Å². The molecule has 1 fully saturated rings. The van der Waals surface area contributed by atoms with Crippen molar-refractivity contribution in [3.63, 3.8) is 0 Å². The van der Waals surface area contributed by atoms with Gasteiger partial charge in [-0.15, -0.1) is 11.3 Å². The van der Waals surface area contributed by atoms with Crippen molar-refractivity contribution >= 4 is 34.3 Å². The third-order valence-electron chi connectivity index (χ3n) is 4.00. The van der Waals surface area contributed by atoms with Crippen molar-refractivity contribution in [3.05, 3.63) is 11.1 Å². The fraction of sp³-hybridized carbons (Fsp3) is 0.647. The Labute approximate surface area is 151 Å². The summed E-state index contributed by atoms with van der Waals surface area (Å²) >= 11 is 1.26. The number of piperidine rings is 1. The number of esters is 1. The Morgan fingerprint density at radius 2 is 2.20 bits per heavy atom. The van der Waals surface area contributed by atoms with E-state index in [0.29, 0.717) is 16.7 Å². The van der Waals surface area contributed by atoms with Crippen LogP contribution in [-0.2, 0) is 25.5 Å². The van der Waals surface area contributed by atoms with E-state index in [0.717, 1.165) is 25.9 Å². The van der Waals surface area contributed by atoms with Gasteiger partial charge in [0.1, 0.15) is 0 Å². The number of nitrogens with one attached hydrogen (secondary N) is 1. The van der Waals surface area contributed by atoms with E-state index in [4.69, 9.17) is 4.74 Å². The van der Waals surface area contributed by atoms with Gasteiger partial charge < -0.3 is 15.0 Å². The molecule has 1 saturated heterocycles. The number of anilines is 1. The van der Waals surface area contributed by atoms with Crippen LogP contribution >= 0.6 is 11.3 Å². The number of carbonyl (C=O) groups is 3. The molecule has 1 N–H and O–H groups in total. The van der Waals surface area contributed by atoms with Crippen molar-refractivity contribution in [2.24, 2.45) is 11.8 Å². The Kier molecular flexibility index (Phi) is 6.92. The lowest BCUT2D eigenvalue weighted by atomic mass is 10.0. The highest BCUT2D eigenvalue weighted by atomic mass is 32.1. The Morgan fingerprint density at radius 1 is 1.44 bits per heavy atom. The molecule has 1 aromatic heterocycles. The van der Waals surface area contributed by atoms with Gasteiger partial charge in [0.15, 0.2) is 11.7 Å². The minimum Gasteiger partial charge on any atom is -0.455 e. The maximum atomic E-state index is 12.1. The molecule has 0 saturated carbocycles. The predicted molar refractivity (Wildman–Crippen MR) is 95.2 cm³/mol. The number of thiazole rings is 1. The molecular weight excluding hydrogens is 342 g/mol. The van der Waals surface area contributed by atoms with Gasteiger partial charge >= 0.3 is 5.97 Å². The maximum Gasteiger partial charge on any atom is 0.312 e. The molecule has 0 unspecified atom stereocenters. The molecule has 0 aromatic carbocycles. The molecule has 1 aromatic rings. The molecule has 138 valence electrons. The van der Waals surface area contributed by atoms with Crippen LogP contribution in [0.25, 0.3) is 0 Å². The second-order valence-corrected chi connectivity index (χ2v) is 7.57. The highest BCUT2D eigenvalue weighted by Crippen LogP contribution is 2.17. The number of likely N-dealkylation sites (tertiary alicyclic amines) is 1. The third-order valence-corrected chi connectivity index (χ3v) is 4.80. The summed E-state index contributed by atoms with van der Waals surface area (Å²) in [6.45, 7) is 6.92.